The van der Waals surface area contributed by atoms with Crippen LogP contribution in [0, 0.1) is 0 Å². The van der Waals surface area contributed by atoms with Crippen LogP contribution in [0.5, 0.6) is 0 Å². The molecule has 0 aliphatic rings. The molecule has 0 aromatic heterocycles. The molecule has 0 saturated carbocycles. The van der Waals surface area contributed by atoms with E-state index in [-0.39, 0.29) is 0 Å². The highest BCUT2D eigenvalue weighted by Gasteiger charge is 1.95. The molecule has 0 spiro atoms. The maximum absolute atomic E-state index is 5.54. The average Bonchev–Trinajstić information content (AvgIpc) is 1.90. The second-order valence-electron chi connectivity index (χ2n) is 1.92. The van der Waals surface area contributed by atoms with Gasteiger partial charge in [0.1, 0.15) is 0 Å². The lowest BCUT2D eigenvalue weighted by Crippen LogP contribution is -2.21. The van der Waals surface area contributed by atoms with Gasteiger partial charge in [-0.2, -0.15) is 0 Å². The summed E-state index contributed by atoms with van der Waals surface area (Å²) in [7, 11) is 1.05. The lowest BCUT2D eigenvalue weighted by atomic mass is 10.5. The number of rotatable bonds is 3. The molecule has 3 heteroatoms. The number of nitrogens with zero attached hydrogens (tertiary/aromatic N) is 1. The van der Waals surface area contributed by atoms with Crippen LogP contribution in [0.4, 0.5) is 0 Å². The Morgan fingerprint density at radius 1 is 1.56 bits per heavy atom. The number of halogens is 1. The van der Waals surface area contributed by atoms with Gasteiger partial charge in [0.15, 0.2) is 0 Å². The van der Waals surface area contributed by atoms with Crippen LogP contribution >= 0.6 is 11.6 Å². The second-order valence-corrected chi connectivity index (χ2v) is 3.17. The van der Waals surface area contributed by atoms with Gasteiger partial charge in [-0.1, -0.05) is 11.6 Å². The molecule has 0 unspecified atom stereocenters. The van der Waals surface area contributed by atoms with E-state index in [0.29, 0.717) is 0 Å². The highest BCUT2D eigenvalue weighted by atomic mass is 35.5. The number of hydrogen-bond acceptors (Lipinski definition) is 1. The number of hydrogen-bond donors (Lipinski definition) is 0. The fraction of sp³-hybridized carbons (Fsp3) is 0.667. The van der Waals surface area contributed by atoms with E-state index in [1.165, 1.54) is 5.32 Å². The van der Waals surface area contributed by atoms with Gasteiger partial charge >= 0.3 is 0 Å². The lowest BCUT2D eigenvalue weighted by Gasteiger charge is -2.20. The smallest absolute Gasteiger partial charge is 0.0602 e. The summed E-state index contributed by atoms with van der Waals surface area (Å²) in [6.45, 7) is 6.42. The van der Waals surface area contributed by atoms with Gasteiger partial charge in [-0.15, -0.1) is 0 Å². The molecule has 0 aliphatic heterocycles. The van der Waals surface area contributed by atoms with E-state index in [1.807, 2.05) is 0 Å². The first-order valence-corrected chi connectivity index (χ1v) is 4.71. The van der Waals surface area contributed by atoms with Crippen molar-refractivity contribution in [3.8, 4) is 0 Å². The van der Waals surface area contributed by atoms with Crippen molar-refractivity contribution in [3.63, 3.8) is 0 Å². The first-order chi connectivity index (χ1) is 4.26. The largest absolute Gasteiger partial charge is 0.379 e. The van der Waals surface area contributed by atoms with Crippen LogP contribution in [-0.4, -0.2) is 28.2 Å². The van der Waals surface area contributed by atoms with E-state index >= 15 is 0 Å². The third kappa shape index (κ3) is 2.91. The molecule has 0 aliphatic carbocycles. The van der Waals surface area contributed by atoms with Crippen molar-refractivity contribution in [3.05, 3.63) is 10.9 Å². The van der Waals surface area contributed by atoms with E-state index in [0.717, 1.165) is 23.3 Å². The molecule has 9 heavy (non-hydrogen) atoms. The SMILES string of the molecule is CCN(CC)C([SiH3])=CCl. The Balaban J connectivity index is 3.79. The van der Waals surface area contributed by atoms with Gasteiger partial charge in [-0.3, -0.25) is 0 Å². The Bertz CT molecular complexity index is 99.2. The van der Waals surface area contributed by atoms with Crippen molar-refractivity contribution in [2.24, 2.45) is 0 Å². The van der Waals surface area contributed by atoms with E-state index in [9.17, 15) is 0 Å². The standard InChI is InChI=1S/C6H14ClNSi/c1-3-8(4-2)6(9)5-7/h5H,3-4H2,1-2,9H3. The third-order valence-corrected chi connectivity index (χ3v) is 3.02. The minimum atomic E-state index is 1.05. The van der Waals surface area contributed by atoms with E-state index in [2.05, 4.69) is 18.7 Å². The van der Waals surface area contributed by atoms with Crippen molar-refractivity contribution >= 4 is 21.8 Å². The molecule has 0 aromatic carbocycles. The molecule has 0 fully saturated rings. The van der Waals surface area contributed by atoms with Crippen LogP contribution in [-0.2, 0) is 0 Å². The third-order valence-electron chi connectivity index (χ3n) is 1.42. The molecule has 0 radical (unpaired) electrons. The summed E-state index contributed by atoms with van der Waals surface area (Å²) in [6, 6.07) is 0. The van der Waals surface area contributed by atoms with Gasteiger partial charge in [-0.25, -0.2) is 0 Å². The van der Waals surface area contributed by atoms with Crippen LogP contribution in [0.25, 0.3) is 0 Å². The van der Waals surface area contributed by atoms with E-state index in [4.69, 9.17) is 11.6 Å². The zero-order valence-corrected chi connectivity index (χ0v) is 9.07. The van der Waals surface area contributed by atoms with Crippen molar-refractivity contribution in [1.29, 1.82) is 0 Å². The molecular weight excluding hydrogens is 150 g/mol. The highest BCUT2D eigenvalue weighted by molar-refractivity contribution is 6.32. The molecule has 0 rings (SSSR count). The van der Waals surface area contributed by atoms with Gasteiger partial charge in [0.05, 0.1) is 10.2 Å². The van der Waals surface area contributed by atoms with Crippen LogP contribution in [0.2, 0.25) is 0 Å². The minimum absolute atomic E-state index is 1.05. The molecule has 1 nitrogen and oxygen atoms in total. The normalized spacial score (nSPS) is 12.1. The van der Waals surface area contributed by atoms with Crippen LogP contribution in [0.3, 0.4) is 0 Å². The summed E-state index contributed by atoms with van der Waals surface area (Å²) in [5, 5.41) is 1.28. The summed E-state index contributed by atoms with van der Waals surface area (Å²) in [5.41, 5.74) is 1.68. The fourth-order valence-corrected chi connectivity index (χ4v) is 1.56. The molecule has 54 valence electrons. The second kappa shape index (κ2) is 4.88. The lowest BCUT2D eigenvalue weighted by molar-refractivity contribution is 0.407. The molecule has 0 aromatic rings. The van der Waals surface area contributed by atoms with E-state index in [1.54, 1.807) is 5.54 Å². The molecule has 0 bridgehead atoms. The predicted molar refractivity (Wildman–Crippen MR) is 46.8 cm³/mol. The minimum Gasteiger partial charge on any atom is -0.379 e. The summed E-state index contributed by atoms with van der Waals surface area (Å²) < 4.78 is 0. The van der Waals surface area contributed by atoms with Crippen molar-refractivity contribution < 1.29 is 0 Å². The quantitative estimate of drug-likeness (QED) is 0.555. The Morgan fingerprint density at radius 2 is 2.00 bits per heavy atom. The predicted octanol–water partition coefficient (Wildman–Crippen LogP) is 0.731. The zero-order chi connectivity index (χ0) is 7.28. The molecule has 0 amide bonds. The molecular formula is C6H14ClNSi. The molecule has 0 atom stereocenters. The fourth-order valence-electron chi connectivity index (χ4n) is 0.791. The Hall–Kier alpha value is 0.0469. The van der Waals surface area contributed by atoms with Crippen LogP contribution < -0.4 is 0 Å². The Morgan fingerprint density at radius 3 is 2.11 bits per heavy atom. The Labute approximate surface area is 65.1 Å². The Kier molecular flexibility index (Phi) is 4.91. The topological polar surface area (TPSA) is 3.24 Å². The summed E-state index contributed by atoms with van der Waals surface area (Å²) in [6.07, 6.45) is 0. The maximum Gasteiger partial charge on any atom is 0.0602 e. The maximum atomic E-state index is 5.54. The van der Waals surface area contributed by atoms with Crippen molar-refractivity contribution in [2.45, 2.75) is 13.8 Å². The first kappa shape index (κ1) is 9.05. The van der Waals surface area contributed by atoms with E-state index < -0.39 is 0 Å². The summed E-state index contributed by atoms with van der Waals surface area (Å²) in [5.74, 6) is 0. The summed E-state index contributed by atoms with van der Waals surface area (Å²) in [4.78, 5) is 2.26. The zero-order valence-electron chi connectivity index (χ0n) is 6.32. The van der Waals surface area contributed by atoms with Crippen molar-refractivity contribution in [1.82, 2.24) is 4.90 Å². The first-order valence-electron chi connectivity index (χ1n) is 3.28. The molecule has 0 saturated heterocycles. The highest BCUT2D eigenvalue weighted by Crippen LogP contribution is 1.99. The molecule has 0 N–H and O–H groups in total. The van der Waals surface area contributed by atoms with Crippen LogP contribution in [0.15, 0.2) is 10.9 Å². The van der Waals surface area contributed by atoms with Crippen molar-refractivity contribution in [2.75, 3.05) is 13.1 Å². The van der Waals surface area contributed by atoms with Crippen LogP contribution in [0.1, 0.15) is 13.8 Å². The van der Waals surface area contributed by atoms with Gasteiger partial charge in [-0.05, 0) is 19.2 Å². The van der Waals surface area contributed by atoms with Gasteiger partial charge in [0, 0.05) is 18.6 Å². The van der Waals surface area contributed by atoms with Gasteiger partial charge < -0.3 is 4.90 Å². The monoisotopic (exact) mass is 163 g/mol. The summed E-state index contributed by atoms with van der Waals surface area (Å²) >= 11 is 5.54. The van der Waals surface area contributed by atoms with Gasteiger partial charge in [0.2, 0.25) is 0 Å². The average molecular weight is 164 g/mol. The van der Waals surface area contributed by atoms with Gasteiger partial charge in [0.25, 0.3) is 0 Å². The molecule has 0 heterocycles.